The van der Waals surface area contributed by atoms with Gasteiger partial charge in [0.2, 0.25) is 0 Å². The van der Waals surface area contributed by atoms with Gasteiger partial charge in [0.1, 0.15) is 0 Å². The Balaban J connectivity index is 2.55. The molecule has 98 valence electrons. The minimum Gasteiger partial charge on any atom is -0.490 e. The summed E-state index contributed by atoms with van der Waals surface area (Å²) in [5.41, 5.74) is 0.594. The van der Waals surface area contributed by atoms with Crippen LogP contribution in [-0.4, -0.2) is 13.2 Å². The number of benzene rings is 1. The normalized spacial score (nSPS) is 9.83. The Labute approximate surface area is 109 Å². The molecule has 0 N–H and O–H groups in total. The van der Waals surface area contributed by atoms with Gasteiger partial charge in [-0.3, -0.25) is 0 Å². The summed E-state index contributed by atoms with van der Waals surface area (Å²) in [5.74, 6) is 1.39. The van der Waals surface area contributed by atoms with Crippen LogP contribution in [0, 0.1) is 11.3 Å². The van der Waals surface area contributed by atoms with E-state index in [-0.39, 0.29) is 0 Å². The second-order valence-corrected chi connectivity index (χ2v) is 4.12. The number of nitrogens with zero attached hydrogens (tertiary/aromatic N) is 1. The van der Waals surface area contributed by atoms with E-state index in [9.17, 15) is 0 Å². The highest BCUT2D eigenvalue weighted by Crippen LogP contribution is 2.28. The summed E-state index contributed by atoms with van der Waals surface area (Å²) < 4.78 is 11.2. The lowest BCUT2D eigenvalue weighted by molar-refractivity contribution is 0.270. The van der Waals surface area contributed by atoms with Crippen LogP contribution < -0.4 is 9.47 Å². The van der Waals surface area contributed by atoms with E-state index in [1.165, 1.54) is 19.3 Å². The Morgan fingerprint density at radius 2 is 1.89 bits per heavy atom. The average molecular weight is 247 g/mol. The highest BCUT2D eigenvalue weighted by Gasteiger charge is 2.06. The molecule has 3 heteroatoms. The van der Waals surface area contributed by atoms with E-state index >= 15 is 0 Å². The molecule has 18 heavy (non-hydrogen) atoms. The van der Waals surface area contributed by atoms with E-state index in [2.05, 4.69) is 13.0 Å². The van der Waals surface area contributed by atoms with Gasteiger partial charge in [-0.25, -0.2) is 0 Å². The predicted octanol–water partition coefficient (Wildman–Crippen LogP) is 3.92. The highest BCUT2D eigenvalue weighted by molar-refractivity contribution is 5.46. The number of ether oxygens (including phenoxy) is 2. The first-order valence-corrected chi connectivity index (χ1v) is 6.61. The molecule has 0 bridgehead atoms. The van der Waals surface area contributed by atoms with Gasteiger partial charge in [0.15, 0.2) is 11.5 Å². The maximum Gasteiger partial charge on any atom is 0.162 e. The monoisotopic (exact) mass is 247 g/mol. The molecule has 0 unspecified atom stereocenters. The third-order valence-electron chi connectivity index (χ3n) is 2.63. The lowest BCUT2D eigenvalue weighted by Crippen LogP contribution is -2.01. The number of rotatable bonds is 8. The molecule has 0 aromatic heterocycles. The molecule has 0 saturated carbocycles. The summed E-state index contributed by atoms with van der Waals surface area (Å²) in [7, 11) is 0. The van der Waals surface area contributed by atoms with Crippen LogP contribution in [-0.2, 0) is 0 Å². The van der Waals surface area contributed by atoms with Crippen molar-refractivity contribution in [2.75, 3.05) is 13.2 Å². The second-order valence-electron chi connectivity index (χ2n) is 4.12. The molecule has 0 radical (unpaired) electrons. The summed E-state index contributed by atoms with van der Waals surface area (Å²) in [5, 5.41) is 8.85. The summed E-state index contributed by atoms with van der Waals surface area (Å²) in [6, 6.07) is 7.39. The zero-order valence-electron chi connectivity index (χ0n) is 11.2. The van der Waals surface area contributed by atoms with Crippen LogP contribution in [0.15, 0.2) is 18.2 Å². The topological polar surface area (TPSA) is 42.2 Å². The van der Waals surface area contributed by atoms with E-state index in [0.717, 1.165) is 12.2 Å². The number of nitriles is 1. The third kappa shape index (κ3) is 4.67. The SMILES string of the molecule is CCCCCCOc1ccc(C#N)cc1OCC. The summed E-state index contributed by atoms with van der Waals surface area (Å²) >= 11 is 0. The van der Waals surface area contributed by atoms with Crippen molar-refractivity contribution in [2.24, 2.45) is 0 Å². The fourth-order valence-corrected chi connectivity index (χ4v) is 1.68. The van der Waals surface area contributed by atoms with Crippen molar-refractivity contribution >= 4 is 0 Å². The van der Waals surface area contributed by atoms with Gasteiger partial charge in [0, 0.05) is 6.07 Å². The Morgan fingerprint density at radius 3 is 2.56 bits per heavy atom. The molecule has 0 aliphatic heterocycles. The van der Waals surface area contributed by atoms with Crippen LogP contribution in [0.5, 0.6) is 11.5 Å². The lowest BCUT2D eigenvalue weighted by atomic mass is 10.2. The Kier molecular flexibility index (Phi) is 6.71. The first-order chi connectivity index (χ1) is 8.81. The molecular weight excluding hydrogens is 226 g/mol. The molecule has 0 fully saturated rings. The van der Waals surface area contributed by atoms with E-state index in [1.54, 1.807) is 12.1 Å². The second kappa shape index (κ2) is 8.41. The molecule has 1 aromatic carbocycles. The molecular formula is C15H21NO2. The van der Waals surface area contributed by atoms with Crippen LogP contribution in [0.4, 0.5) is 0 Å². The minimum atomic E-state index is 0.571. The van der Waals surface area contributed by atoms with Gasteiger partial charge in [-0.15, -0.1) is 0 Å². The maximum atomic E-state index is 8.85. The van der Waals surface area contributed by atoms with Crippen LogP contribution in [0.3, 0.4) is 0 Å². The fraction of sp³-hybridized carbons (Fsp3) is 0.533. The number of hydrogen-bond donors (Lipinski definition) is 0. The van der Waals surface area contributed by atoms with Gasteiger partial charge in [0.05, 0.1) is 24.8 Å². The molecule has 0 atom stereocenters. The van der Waals surface area contributed by atoms with Crippen LogP contribution in [0.25, 0.3) is 0 Å². The highest BCUT2D eigenvalue weighted by atomic mass is 16.5. The maximum absolute atomic E-state index is 8.85. The zero-order chi connectivity index (χ0) is 13.2. The summed E-state index contributed by atoms with van der Waals surface area (Å²) in [6.07, 6.45) is 4.71. The smallest absolute Gasteiger partial charge is 0.162 e. The van der Waals surface area contributed by atoms with Gasteiger partial charge in [-0.1, -0.05) is 26.2 Å². The van der Waals surface area contributed by atoms with Crippen molar-refractivity contribution in [3.05, 3.63) is 23.8 Å². The third-order valence-corrected chi connectivity index (χ3v) is 2.63. The first-order valence-electron chi connectivity index (χ1n) is 6.61. The molecule has 3 nitrogen and oxygen atoms in total. The van der Waals surface area contributed by atoms with Gasteiger partial charge in [-0.2, -0.15) is 5.26 Å². The molecule has 0 saturated heterocycles. The average Bonchev–Trinajstić information content (AvgIpc) is 2.40. The molecule has 0 amide bonds. The molecule has 1 aromatic rings. The first kappa shape index (κ1) is 14.4. The van der Waals surface area contributed by atoms with Gasteiger partial charge in [0.25, 0.3) is 0 Å². The molecule has 1 rings (SSSR count). The minimum absolute atomic E-state index is 0.571. The Bertz CT molecular complexity index is 396. The number of unbranched alkanes of at least 4 members (excludes halogenated alkanes) is 3. The van der Waals surface area contributed by atoms with E-state index in [4.69, 9.17) is 14.7 Å². The van der Waals surface area contributed by atoms with Crippen molar-refractivity contribution in [3.63, 3.8) is 0 Å². The zero-order valence-corrected chi connectivity index (χ0v) is 11.2. The molecule has 0 heterocycles. The van der Waals surface area contributed by atoms with Crippen LogP contribution >= 0.6 is 0 Å². The lowest BCUT2D eigenvalue weighted by Gasteiger charge is -2.11. The van der Waals surface area contributed by atoms with E-state index in [1.807, 2.05) is 13.0 Å². The molecule has 0 aliphatic carbocycles. The van der Waals surface area contributed by atoms with Gasteiger partial charge in [-0.05, 0) is 25.5 Å². The van der Waals surface area contributed by atoms with E-state index in [0.29, 0.717) is 24.5 Å². The van der Waals surface area contributed by atoms with Crippen LogP contribution in [0.1, 0.15) is 45.1 Å². The van der Waals surface area contributed by atoms with Crippen molar-refractivity contribution in [3.8, 4) is 17.6 Å². The van der Waals surface area contributed by atoms with Gasteiger partial charge >= 0.3 is 0 Å². The molecule has 0 aliphatic rings. The van der Waals surface area contributed by atoms with Crippen LogP contribution in [0.2, 0.25) is 0 Å². The van der Waals surface area contributed by atoms with Crippen molar-refractivity contribution in [1.29, 1.82) is 5.26 Å². The van der Waals surface area contributed by atoms with Crippen molar-refractivity contribution < 1.29 is 9.47 Å². The van der Waals surface area contributed by atoms with Crippen molar-refractivity contribution in [1.82, 2.24) is 0 Å². The van der Waals surface area contributed by atoms with E-state index < -0.39 is 0 Å². The Morgan fingerprint density at radius 1 is 1.06 bits per heavy atom. The quantitative estimate of drug-likeness (QED) is 0.654. The van der Waals surface area contributed by atoms with Gasteiger partial charge < -0.3 is 9.47 Å². The predicted molar refractivity (Wildman–Crippen MR) is 72.0 cm³/mol. The fourth-order valence-electron chi connectivity index (χ4n) is 1.68. The van der Waals surface area contributed by atoms with Crippen molar-refractivity contribution in [2.45, 2.75) is 39.5 Å². The molecule has 0 spiro atoms. The summed E-state index contributed by atoms with van der Waals surface area (Å²) in [6.45, 7) is 5.38. The Hall–Kier alpha value is -1.69. The standard InChI is InChI=1S/C15H21NO2/c1-3-5-6-7-10-18-14-9-8-13(12-16)11-15(14)17-4-2/h8-9,11H,3-7,10H2,1-2H3. The number of hydrogen-bond acceptors (Lipinski definition) is 3. The largest absolute Gasteiger partial charge is 0.490 e. The summed E-state index contributed by atoms with van der Waals surface area (Å²) in [4.78, 5) is 0.